The van der Waals surface area contributed by atoms with Crippen molar-refractivity contribution in [1.29, 1.82) is 0 Å². The molecule has 0 saturated carbocycles. The van der Waals surface area contributed by atoms with E-state index in [1.165, 1.54) is 11.1 Å². The number of benzene rings is 2. The maximum Gasteiger partial charge on any atom is 0.230 e. The van der Waals surface area contributed by atoms with Crippen LogP contribution in [0.25, 0.3) is 11.4 Å². The normalized spacial score (nSPS) is 16.2. The lowest BCUT2D eigenvalue weighted by molar-refractivity contribution is 0.168. The fraction of sp³-hybridized carbons (Fsp3) is 0.250. The molecular formula is C24H23ClN6O2. The van der Waals surface area contributed by atoms with Crippen molar-refractivity contribution in [1.82, 2.24) is 30.9 Å². The number of H-pyrrole nitrogens is 1. The van der Waals surface area contributed by atoms with E-state index in [-0.39, 0.29) is 6.04 Å². The Morgan fingerprint density at radius 3 is 2.94 bits per heavy atom. The lowest BCUT2D eigenvalue weighted by Gasteiger charge is -2.27. The predicted octanol–water partition coefficient (Wildman–Crippen LogP) is 3.89. The fourth-order valence-corrected chi connectivity index (χ4v) is 4.31. The molecule has 5 rings (SSSR count). The van der Waals surface area contributed by atoms with Gasteiger partial charge in [-0.25, -0.2) is 4.98 Å². The molecule has 1 aliphatic rings. The maximum absolute atomic E-state index is 10.5. The highest BCUT2D eigenvalue weighted by Crippen LogP contribution is 2.32. The van der Waals surface area contributed by atoms with Gasteiger partial charge in [-0.3, -0.25) is 0 Å². The van der Waals surface area contributed by atoms with E-state index in [0.29, 0.717) is 34.6 Å². The number of aromatic nitrogens is 5. The van der Waals surface area contributed by atoms with Gasteiger partial charge in [-0.2, -0.15) is 5.21 Å². The number of aliphatic hydroxyl groups excluding tert-OH is 1. The van der Waals surface area contributed by atoms with Crippen molar-refractivity contribution in [2.24, 2.45) is 0 Å². The zero-order valence-electron chi connectivity index (χ0n) is 17.8. The number of tetrazole rings is 1. The van der Waals surface area contributed by atoms with Gasteiger partial charge >= 0.3 is 0 Å². The first kappa shape index (κ1) is 21.5. The Morgan fingerprint density at radius 1 is 1.15 bits per heavy atom. The second kappa shape index (κ2) is 9.66. The van der Waals surface area contributed by atoms with Crippen LogP contribution < -0.4 is 10.1 Å². The summed E-state index contributed by atoms with van der Waals surface area (Å²) in [5, 5.41) is 28.8. The van der Waals surface area contributed by atoms with Gasteiger partial charge in [0.2, 0.25) is 11.7 Å². The summed E-state index contributed by atoms with van der Waals surface area (Å²) in [6.07, 6.45) is 3.90. The van der Waals surface area contributed by atoms with Crippen molar-refractivity contribution < 1.29 is 9.84 Å². The van der Waals surface area contributed by atoms with Crippen LogP contribution in [0.15, 0.2) is 60.8 Å². The Hall–Kier alpha value is -3.33. The molecule has 0 aliphatic heterocycles. The molecule has 168 valence electrons. The number of ether oxygens (including phenoxy) is 1. The molecule has 2 aromatic heterocycles. The van der Waals surface area contributed by atoms with Crippen LogP contribution in [-0.2, 0) is 12.8 Å². The zero-order valence-corrected chi connectivity index (χ0v) is 18.5. The second-order valence-electron chi connectivity index (χ2n) is 8.04. The third kappa shape index (κ3) is 5.03. The largest absolute Gasteiger partial charge is 0.438 e. The minimum absolute atomic E-state index is 0.270. The van der Waals surface area contributed by atoms with E-state index in [4.69, 9.17) is 16.3 Å². The Balaban J connectivity index is 1.26. The number of nitrogens with zero attached hydrogens (tertiary/aromatic N) is 4. The van der Waals surface area contributed by atoms with Crippen molar-refractivity contribution in [3.63, 3.8) is 0 Å². The van der Waals surface area contributed by atoms with Gasteiger partial charge in [0.1, 0.15) is 5.75 Å². The van der Waals surface area contributed by atoms with E-state index in [9.17, 15) is 5.11 Å². The highest BCUT2D eigenvalue weighted by atomic mass is 35.5. The van der Waals surface area contributed by atoms with Gasteiger partial charge < -0.3 is 15.2 Å². The van der Waals surface area contributed by atoms with Crippen LogP contribution in [-0.4, -0.2) is 43.3 Å². The van der Waals surface area contributed by atoms with Crippen molar-refractivity contribution >= 4 is 11.6 Å². The molecule has 0 fully saturated rings. The Morgan fingerprint density at radius 2 is 2.09 bits per heavy atom. The number of halogens is 1. The molecule has 9 heteroatoms. The average Bonchev–Trinajstić information content (AvgIpc) is 3.37. The summed E-state index contributed by atoms with van der Waals surface area (Å²) < 4.78 is 6.10. The Bertz CT molecular complexity index is 1230. The number of hydrogen-bond acceptors (Lipinski definition) is 7. The SMILES string of the molecule is O[C@@H](CN[C@H]1CCc2ccc(Oc3ncccc3-c3nn[nH]n3)cc2C1)c1cccc(Cl)c1. The van der Waals surface area contributed by atoms with Gasteiger partial charge in [-0.05, 0) is 77.6 Å². The minimum Gasteiger partial charge on any atom is -0.438 e. The molecule has 0 bridgehead atoms. The highest BCUT2D eigenvalue weighted by molar-refractivity contribution is 6.30. The van der Waals surface area contributed by atoms with Crippen molar-refractivity contribution in [2.75, 3.05) is 6.54 Å². The second-order valence-corrected chi connectivity index (χ2v) is 8.48. The van der Waals surface area contributed by atoms with Gasteiger partial charge in [0.15, 0.2) is 0 Å². The van der Waals surface area contributed by atoms with Gasteiger partial charge in [-0.1, -0.05) is 29.8 Å². The third-order valence-electron chi connectivity index (χ3n) is 5.81. The summed E-state index contributed by atoms with van der Waals surface area (Å²) in [5.41, 5.74) is 4.02. The van der Waals surface area contributed by atoms with E-state index >= 15 is 0 Å². The summed E-state index contributed by atoms with van der Waals surface area (Å²) >= 11 is 6.05. The molecule has 2 atom stereocenters. The van der Waals surface area contributed by atoms with E-state index in [2.05, 4.69) is 43.1 Å². The van der Waals surface area contributed by atoms with E-state index in [1.807, 2.05) is 24.3 Å². The summed E-state index contributed by atoms with van der Waals surface area (Å²) in [7, 11) is 0. The zero-order chi connectivity index (χ0) is 22.6. The van der Waals surface area contributed by atoms with Gasteiger partial charge in [0.05, 0.1) is 11.7 Å². The standard InChI is InChI=1S/C24H23ClN6O2/c25-18-4-1-3-16(11-18)22(32)14-27-19-8-6-15-7-9-20(13-17(15)12-19)33-24-21(5-2-10-26-24)23-28-30-31-29-23/h1-5,7,9-11,13,19,22,27,32H,6,8,12,14H2,(H,28,29,30,31)/t19-,22-/m0/s1. The van der Waals surface area contributed by atoms with Crippen LogP contribution in [0.3, 0.4) is 0 Å². The van der Waals surface area contributed by atoms with Crippen LogP contribution in [0.5, 0.6) is 11.6 Å². The minimum atomic E-state index is -0.604. The molecule has 33 heavy (non-hydrogen) atoms. The number of nitrogens with one attached hydrogen (secondary N) is 2. The summed E-state index contributed by atoms with van der Waals surface area (Å²) in [4.78, 5) is 4.35. The topological polar surface area (TPSA) is 109 Å². The van der Waals surface area contributed by atoms with Crippen LogP contribution >= 0.6 is 11.6 Å². The number of pyridine rings is 1. The van der Waals surface area contributed by atoms with Crippen molar-refractivity contribution in [3.8, 4) is 23.0 Å². The number of rotatable bonds is 7. The smallest absolute Gasteiger partial charge is 0.230 e. The van der Waals surface area contributed by atoms with E-state index < -0.39 is 6.10 Å². The predicted molar refractivity (Wildman–Crippen MR) is 124 cm³/mol. The fourth-order valence-electron chi connectivity index (χ4n) is 4.11. The molecule has 2 aromatic carbocycles. The van der Waals surface area contributed by atoms with Gasteiger partial charge in [0, 0.05) is 23.8 Å². The van der Waals surface area contributed by atoms with Gasteiger partial charge in [0.25, 0.3) is 0 Å². The lowest BCUT2D eigenvalue weighted by Crippen LogP contribution is -2.37. The highest BCUT2D eigenvalue weighted by Gasteiger charge is 2.21. The molecular weight excluding hydrogens is 440 g/mol. The first-order chi connectivity index (χ1) is 16.2. The lowest BCUT2D eigenvalue weighted by atomic mass is 9.88. The molecule has 0 spiro atoms. The first-order valence-corrected chi connectivity index (χ1v) is 11.2. The van der Waals surface area contributed by atoms with E-state index in [0.717, 1.165) is 24.8 Å². The summed E-state index contributed by atoms with van der Waals surface area (Å²) in [6.45, 7) is 0.471. The van der Waals surface area contributed by atoms with Crippen molar-refractivity contribution in [2.45, 2.75) is 31.4 Å². The van der Waals surface area contributed by atoms with Crippen LogP contribution in [0, 0.1) is 0 Å². The molecule has 3 N–H and O–H groups in total. The maximum atomic E-state index is 10.5. The van der Waals surface area contributed by atoms with Crippen LogP contribution in [0.2, 0.25) is 5.02 Å². The van der Waals surface area contributed by atoms with Crippen molar-refractivity contribution in [3.05, 3.63) is 82.5 Å². The number of fused-ring (bicyclic) bond motifs is 1. The molecule has 0 amide bonds. The molecule has 0 radical (unpaired) electrons. The average molecular weight is 463 g/mol. The molecule has 1 aliphatic carbocycles. The molecule has 8 nitrogen and oxygen atoms in total. The summed E-state index contributed by atoms with van der Waals surface area (Å²) in [5.74, 6) is 1.56. The number of aryl methyl sites for hydroxylation is 1. The first-order valence-electron chi connectivity index (χ1n) is 10.8. The Labute approximate surface area is 196 Å². The number of aliphatic hydroxyl groups is 1. The van der Waals surface area contributed by atoms with Crippen LogP contribution in [0.1, 0.15) is 29.2 Å². The van der Waals surface area contributed by atoms with Gasteiger partial charge in [-0.15, -0.1) is 10.2 Å². The monoisotopic (exact) mass is 462 g/mol. The molecule has 0 unspecified atom stereocenters. The third-order valence-corrected chi connectivity index (χ3v) is 6.05. The van der Waals surface area contributed by atoms with E-state index in [1.54, 1.807) is 24.4 Å². The molecule has 2 heterocycles. The molecule has 0 saturated heterocycles. The Kier molecular flexibility index (Phi) is 6.30. The molecule has 4 aromatic rings. The number of hydrogen-bond donors (Lipinski definition) is 3. The summed E-state index contributed by atoms with van der Waals surface area (Å²) in [6, 6.07) is 17.4. The van der Waals surface area contributed by atoms with Crippen LogP contribution in [0.4, 0.5) is 0 Å². The number of aromatic amines is 1. The quantitative estimate of drug-likeness (QED) is 0.382.